The summed E-state index contributed by atoms with van der Waals surface area (Å²) in [6.45, 7) is 17.2. The van der Waals surface area contributed by atoms with E-state index in [2.05, 4.69) is 6.58 Å². The van der Waals surface area contributed by atoms with Crippen LogP contribution in [0.4, 0.5) is 0 Å². The van der Waals surface area contributed by atoms with Crippen LogP contribution in [0, 0.1) is 0 Å². The molecule has 0 amide bonds. The lowest BCUT2D eigenvalue weighted by molar-refractivity contribution is -0.207. The van der Waals surface area contributed by atoms with Crippen LogP contribution in [0.5, 0.6) is 0 Å². The van der Waals surface area contributed by atoms with Crippen LogP contribution >= 0.6 is 0 Å². The van der Waals surface area contributed by atoms with Crippen molar-refractivity contribution in [3.63, 3.8) is 0 Å². The zero-order valence-corrected chi connectivity index (χ0v) is 15.4. The second-order valence-corrected chi connectivity index (χ2v) is 8.49. The Morgan fingerprint density at radius 1 is 1.20 bits per heavy atom. The lowest BCUT2D eigenvalue weighted by atomic mass is 10.4. The number of hydrogen-bond acceptors (Lipinski definition) is 4. The van der Waals surface area contributed by atoms with Gasteiger partial charge in [0.2, 0.25) is 0 Å². The van der Waals surface area contributed by atoms with Crippen molar-refractivity contribution in [2.45, 2.75) is 78.2 Å². The molecule has 1 atom stereocenters. The molecule has 0 radical (unpaired) electrons. The molecule has 1 unspecified atom stereocenters. The van der Waals surface area contributed by atoms with Crippen LogP contribution in [-0.4, -0.2) is 38.8 Å². The third kappa shape index (κ3) is 7.82. The normalized spacial score (nSPS) is 14.2. The van der Waals surface area contributed by atoms with E-state index < -0.39 is 14.9 Å². The van der Waals surface area contributed by atoms with E-state index >= 15 is 0 Å². The highest BCUT2D eigenvalue weighted by atomic mass is 28.2. The van der Waals surface area contributed by atoms with E-state index in [1.807, 2.05) is 41.5 Å². The summed E-state index contributed by atoms with van der Waals surface area (Å²) in [5.41, 5.74) is -0.311. The Hall–Kier alpha value is -0.653. The molecule has 0 heterocycles. The summed E-state index contributed by atoms with van der Waals surface area (Å²) in [6, 6.07) is 0. The predicted molar refractivity (Wildman–Crippen MR) is 84.4 cm³/mol. The van der Waals surface area contributed by atoms with Gasteiger partial charge in [0.15, 0.2) is 0 Å². The van der Waals surface area contributed by atoms with Crippen molar-refractivity contribution in [1.29, 1.82) is 0 Å². The monoisotopic (exact) mass is 302 g/mol. The fraction of sp³-hybridized carbons (Fsp3) is 0.800. The van der Waals surface area contributed by atoms with Gasteiger partial charge in [-0.2, -0.15) is 0 Å². The number of hydrogen-bond donors (Lipinski definition) is 0. The number of esters is 1. The largest absolute Gasteiger partial charge is 0.463 e. The highest BCUT2D eigenvalue weighted by molar-refractivity contribution is 6.40. The van der Waals surface area contributed by atoms with Crippen LogP contribution < -0.4 is 0 Å². The second kappa shape index (κ2) is 8.59. The summed E-state index contributed by atoms with van der Waals surface area (Å²) in [5.74, 6) is -0.333. The van der Waals surface area contributed by atoms with Crippen molar-refractivity contribution in [3.05, 3.63) is 12.2 Å². The summed E-state index contributed by atoms with van der Waals surface area (Å²) in [4.78, 5) is 11.7. The number of carbonyl (C=O) groups excluding carboxylic acids is 1. The molecule has 0 aromatic rings. The number of rotatable bonds is 9. The highest BCUT2D eigenvalue weighted by Crippen LogP contribution is 2.19. The summed E-state index contributed by atoms with van der Waals surface area (Å²) < 4.78 is 17.4. The standard InChI is InChI=1S/C15H30O4Si/c1-9-13(17-14(16)10(2)3)20-15(8,18-11(4)5)19-12(6)7/h11-13H,2,9,20H2,1,3-8H3. The third-order valence-electron chi connectivity index (χ3n) is 2.65. The van der Waals surface area contributed by atoms with E-state index in [0.29, 0.717) is 5.57 Å². The van der Waals surface area contributed by atoms with E-state index in [1.54, 1.807) is 6.92 Å². The van der Waals surface area contributed by atoms with Crippen molar-refractivity contribution in [2.75, 3.05) is 0 Å². The molecule has 0 aliphatic rings. The first-order valence-electron chi connectivity index (χ1n) is 7.31. The van der Waals surface area contributed by atoms with E-state index in [0.717, 1.165) is 6.42 Å². The zero-order valence-electron chi connectivity index (χ0n) is 14.0. The molecule has 0 aromatic carbocycles. The van der Waals surface area contributed by atoms with Crippen LogP contribution in [0.15, 0.2) is 12.2 Å². The Labute approximate surface area is 125 Å². The quantitative estimate of drug-likeness (QED) is 0.284. The van der Waals surface area contributed by atoms with Crippen LogP contribution in [0.1, 0.15) is 54.9 Å². The lowest BCUT2D eigenvalue weighted by Crippen LogP contribution is -2.48. The van der Waals surface area contributed by atoms with Crippen molar-refractivity contribution in [1.82, 2.24) is 0 Å². The van der Waals surface area contributed by atoms with Crippen LogP contribution in [0.2, 0.25) is 0 Å². The Bertz CT molecular complexity index is 316. The van der Waals surface area contributed by atoms with Crippen LogP contribution in [0.25, 0.3) is 0 Å². The van der Waals surface area contributed by atoms with Gasteiger partial charge in [-0.15, -0.1) is 0 Å². The predicted octanol–water partition coefficient (Wildman–Crippen LogP) is 2.53. The maximum atomic E-state index is 11.7. The minimum absolute atomic E-state index is 0.0700. The molecule has 0 aromatic heterocycles. The van der Waals surface area contributed by atoms with Crippen LogP contribution in [0.3, 0.4) is 0 Å². The highest BCUT2D eigenvalue weighted by Gasteiger charge is 2.33. The van der Waals surface area contributed by atoms with Gasteiger partial charge in [-0.1, -0.05) is 13.5 Å². The molecule has 0 aliphatic heterocycles. The Morgan fingerprint density at radius 3 is 1.95 bits per heavy atom. The van der Waals surface area contributed by atoms with Crippen molar-refractivity contribution in [2.24, 2.45) is 0 Å². The maximum Gasteiger partial charge on any atom is 0.333 e. The van der Waals surface area contributed by atoms with Gasteiger partial charge < -0.3 is 14.2 Å². The summed E-state index contributed by atoms with van der Waals surface area (Å²) in [6.07, 6.45) is 0.908. The van der Waals surface area contributed by atoms with Gasteiger partial charge in [0.25, 0.3) is 0 Å². The van der Waals surface area contributed by atoms with Crippen molar-refractivity contribution in [3.8, 4) is 0 Å². The molecule has 0 rings (SSSR count). The first-order chi connectivity index (χ1) is 9.09. The first kappa shape index (κ1) is 19.3. The molecular formula is C15H30O4Si. The fourth-order valence-electron chi connectivity index (χ4n) is 2.06. The van der Waals surface area contributed by atoms with Crippen molar-refractivity contribution < 1.29 is 19.0 Å². The zero-order chi connectivity index (χ0) is 15.9. The van der Waals surface area contributed by atoms with E-state index in [1.165, 1.54) is 0 Å². The van der Waals surface area contributed by atoms with Gasteiger partial charge in [-0.3, -0.25) is 0 Å². The van der Waals surface area contributed by atoms with E-state index in [-0.39, 0.29) is 23.9 Å². The Balaban J connectivity index is 4.82. The summed E-state index contributed by atoms with van der Waals surface area (Å²) >= 11 is 0. The van der Waals surface area contributed by atoms with Gasteiger partial charge in [0.1, 0.15) is 14.9 Å². The third-order valence-corrected chi connectivity index (χ3v) is 4.92. The van der Waals surface area contributed by atoms with Gasteiger partial charge >= 0.3 is 5.97 Å². The molecule has 4 nitrogen and oxygen atoms in total. The molecule has 0 N–H and O–H groups in total. The van der Waals surface area contributed by atoms with Crippen molar-refractivity contribution >= 4 is 15.5 Å². The molecule has 0 spiro atoms. The minimum Gasteiger partial charge on any atom is -0.463 e. The molecule has 0 bridgehead atoms. The number of ether oxygens (including phenoxy) is 3. The van der Waals surface area contributed by atoms with Gasteiger partial charge in [0, 0.05) is 5.57 Å². The summed E-state index contributed by atoms with van der Waals surface area (Å²) in [7, 11) is -0.946. The molecule has 5 heteroatoms. The minimum atomic E-state index is -0.946. The van der Waals surface area contributed by atoms with E-state index in [4.69, 9.17) is 14.2 Å². The molecule has 118 valence electrons. The first-order valence-corrected chi connectivity index (χ1v) is 8.84. The molecule has 0 aliphatic carbocycles. The average Bonchev–Trinajstić information content (AvgIpc) is 2.24. The van der Waals surface area contributed by atoms with Crippen LogP contribution in [-0.2, 0) is 19.0 Å². The molecular weight excluding hydrogens is 272 g/mol. The van der Waals surface area contributed by atoms with Gasteiger partial charge in [0.05, 0.1) is 17.9 Å². The molecule has 0 saturated carbocycles. The lowest BCUT2D eigenvalue weighted by Gasteiger charge is -2.35. The average molecular weight is 302 g/mol. The topological polar surface area (TPSA) is 44.8 Å². The smallest absolute Gasteiger partial charge is 0.333 e. The SMILES string of the molecule is C=C(C)C(=O)OC(CC)[SiH2]C(C)(OC(C)C)OC(C)C. The molecule has 0 saturated heterocycles. The maximum absolute atomic E-state index is 11.7. The van der Waals surface area contributed by atoms with E-state index in [9.17, 15) is 4.79 Å². The Morgan fingerprint density at radius 2 is 1.65 bits per heavy atom. The fourth-order valence-corrected chi connectivity index (χ4v) is 4.27. The summed E-state index contributed by atoms with van der Waals surface area (Å²) in [5, 5.41) is 0. The molecule has 0 fully saturated rings. The second-order valence-electron chi connectivity index (χ2n) is 5.89. The van der Waals surface area contributed by atoms with Gasteiger partial charge in [-0.25, -0.2) is 4.79 Å². The van der Waals surface area contributed by atoms with Gasteiger partial charge in [-0.05, 0) is 48.0 Å². The molecule has 20 heavy (non-hydrogen) atoms. The Kier molecular flexibility index (Phi) is 8.31. The number of carbonyl (C=O) groups is 1.